The zero-order valence-electron chi connectivity index (χ0n) is 15.1. The van der Waals surface area contributed by atoms with Crippen LogP contribution in [-0.2, 0) is 9.59 Å². The van der Waals surface area contributed by atoms with Crippen LogP contribution in [0.5, 0.6) is 11.5 Å². The van der Waals surface area contributed by atoms with Crippen LogP contribution in [0.25, 0.3) is 0 Å². The number of rotatable bonds is 8. The van der Waals surface area contributed by atoms with E-state index in [2.05, 4.69) is 10.9 Å². The summed E-state index contributed by atoms with van der Waals surface area (Å²) < 4.78 is 11.0. The van der Waals surface area contributed by atoms with E-state index < -0.39 is 5.91 Å². The van der Waals surface area contributed by atoms with Crippen LogP contribution >= 0.6 is 0 Å². The van der Waals surface area contributed by atoms with Gasteiger partial charge in [-0.05, 0) is 49.6 Å². The number of benzene rings is 2. The third-order valence-corrected chi connectivity index (χ3v) is 3.60. The second-order valence-electron chi connectivity index (χ2n) is 5.92. The fourth-order valence-electron chi connectivity index (χ4n) is 2.18. The molecular weight excluding hydrogens is 332 g/mol. The zero-order valence-corrected chi connectivity index (χ0v) is 15.1. The van der Waals surface area contributed by atoms with E-state index in [0.29, 0.717) is 18.8 Å². The second kappa shape index (κ2) is 10.1. The molecule has 0 radical (unpaired) electrons. The summed E-state index contributed by atoms with van der Waals surface area (Å²) in [6.07, 6.45) is 0.806. The first kappa shape index (κ1) is 19.3. The van der Waals surface area contributed by atoms with Gasteiger partial charge in [-0.25, -0.2) is 0 Å². The molecule has 2 amide bonds. The van der Waals surface area contributed by atoms with Crippen LogP contribution < -0.4 is 20.3 Å². The summed E-state index contributed by atoms with van der Waals surface area (Å²) in [7, 11) is 0. The number of hydrogen-bond donors (Lipinski definition) is 2. The molecule has 0 fully saturated rings. The van der Waals surface area contributed by atoms with Gasteiger partial charge in [-0.1, -0.05) is 30.3 Å². The Kier molecular flexibility index (Phi) is 7.49. The number of hydrogen-bond acceptors (Lipinski definition) is 4. The first-order chi connectivity index (χ1) is 12.5. The summed E-state index contributed by atoms with van der Waals surface area (Å²) in [4.78, 5) is 23.5. The maximum atomic E-state index is 11.8. The van der Waals surface area contributed by atoms with Crippen molar-refractivity contribution in [3.05, 3.63) is 59.7 Å². The van der Waals surface area contributed by atoms with Crippen molar-refractivity contribution in [3.8, 4) is 11.5 Å². The summed E-state index contributed by atoms with van der Waals surface area (Å²) >= 11 is 0. The fourth-order valence-corrected chi connectivity index (χ4v) is 2.18. The maximum absolute atomic E-state index is 11.8. The molecule has 0 aliphatic carbocycles. The van der Waals surface area contributed by atoms with Gasteiger partial charge in [-0.15, -0.1) is 0 Å². The monoisotopic (exact) mass is 356 g/mol. The molecule has 0 aromatic heterocycles. The van der Waals surface area contributed by atoms with Crippen molar-refractivity contribution in [2.75, 3.05) is 13.2 Å². The summed E-state index contributed by atoms with van der Waals surface area (Å²) in [5.41, 5.74) is 6.71. The van der Waals surface area contributed by atoms with E-state index in [1.807, 2.05) is 62.4 Å². The zero-order chi connectivity index (χ0) is 18.8. The molecular formula is C20H24N2O4. The van der Waals surface area contributed by atoms with Crippen molar-refractivity contribution in [1.82, 2.24) is 10.9 Å². The fraction of sp³-hybridized carbons (Fsp3) is 0.300. The first-order valence-corrected chi connectivity index (χ1v) is 8.50. The number of carbonyl (C=O) groups excluding carboxylic acids is 2. The molecule has 6 nitrogen and oxygen atoms in total. The van der Waals surface area contributed by atoms with Gasteiger partial charge < -0.3 is 9.47 Å². The van der Waals surface area contributed by atoms with Gasteiger partial charge in [0.05, 0.1) is 6.61 Å². The first-order valence-electron chi connectivity index (χ1n) is 8.50. The van der Waals surface area contributed by atoms with Gasteiger partial charge in [0.1, 0.15) is 11.5 Å². The molecule has 0 atom stereocenters. The van der Waals surface area contributed by atoms with Gasteiger partial charge in [0.15, 0.2) is 6.61 Å². The third-order valence-electron chi connectivity index (χ3n) is 3.60. The standard InChI is InChI=1S/C20H24N2O4/c1-15-10-11-16(2)18(13-15)26-14-20(24)22-21-19(23)9-6-12-25-17-7-4-3-5-8-17/h3-5,7-8,10-11,13H,6,9,12,14H2,1-2H3,(H,21,23)(H,22,24). The van der Waals surface area contributed by atoms with Crippen LogP contribution in [-0.4, -0.2) is 25.0 Å². The lowest BCUT2D eigenvalue weighted by Gasteiger charge is -2.11. The Morgan fingerprint density at radius 1 is 0.923 bits per heavy atom. The van der Waals surface area contributed by atoms with Gasteiger partial charge in [-0.2, -0.15) is 0 Å². The lowest BCUT2D eigenvalue weighted by Crippen LogP contribution is -2.43. The van der Waals surface area contributed by atoms with E-state index >= 15 is 0 Å². The number of carbonyl (C=O) groups is 2. The van der Waals surface area contributed by atoms with Crippen molar-refractivity contribution < 1.29 is 19.1 Å². The number of para-hydroxylation sites is 1. The molecule has 0 unspecified atom stereocenters. The normalized spacial score (nSPS) is 10.1. The number of amides is 2. The molecule has 138 valence electrons. The minimum atomic E-state index is -0.417. The molecule has 2 N–H and O–H groups in total. The molecule has 2 aromatic carbocycles. The van der Waals surface area contributed by atoms with E-state index in [1.54, 1.807) is 0 Å². The molecule has 0 aliphatic heterocycles. The third kappa shape index (κ3) is 6.84. The smallest absolute Gasteiger partial charge is 0.276 e. The van der Waals surface area contributed by atoms with Gasteiger partial charge in [-0.3, -0.25) is 20.4 Å². The molecule has 0 saturated heterocycles. The predicted octanol–water partition coefficient (Wildman–Crippen LogP) is 2.69. The molecule has 0 aliphatic rings. The Labute approximate surface area is 153 Å². The molecule has 0 bridgehead atoms. The highest BCUT2D eigenvalue weighted by molar-refractivity contribution is 5.82. The van der Waals surface area contributed by atoms with Crippen LogP contribution in [0.4, 0.5) is 0 Å². The van der Waals surface area contributed by atoms with Crippen LogP contribution in [0.3, 0.4) is 0 Å². The van der Waals surface area contributed by atoms with Gasteiger partial charge in [0.25, 0.3) is 5.91 Å². The van der Waals surface area contributed by atoms with Crippen LogP contribution in [0.1, 0.15) is 24.0 Å². The average Bonchev–Trinajstić information content (AvgIpc) is 2.65. The highest BCUT2D eigenvalue weighted by Crippen LogP contribution is 2.18. The maximum Gasteiger partial charge on any atom is 0.276 e. The molecule has 26 heavy (non-hydrogen) atoms. The SMILES string of the molecule is Cc1ccc(C)c(OCC(=O)NNC(=O)CCCOc2ccccc2)c1. The summed E-state index contributed by atoms with van der Waals surface area (Å²) in [6.45, 7) is 4.13. The Balaban J connectivity index is 1.59. The van der Waals surface area contributed by atoms with Crippen molar-refractivity contribution in [3.63, 3.8) is 0 Å². The van der Waals surface area contributed by atoms with Crippen molar-refractivity contribution in [1.29, 1.82) is 0 Å². The van der Waals surface area contributed by atoms with Crippen LogP contribution in [0.15, 0.2) is 48.5 Å². The highest BCUT2D eigenvalue weighted by atomic mass is 16.5. The number of ether oxygens (including phenoxy) is 2. The molecule has 0 spiro atoms. The molecule has 2 aromatic rings. The minimum Gasteiger partial charge on any atom is -0.494 e. The summed E-state index contributed by atoms with van der Waals surface area (Å²) in [5.74, 6) is 0.732. The van der Waals surface area contributed by atoms with E-state index in [9.17, 15) is 9.59 Å². The molecule has 0 heterocycles. The van der Waals surface area contributed by atoms with Crippen molar-refractivity contribution in [2.45, 2.75) is 26.7 Å². The number of hydrazine groups is 1. The molecule has 2 rings (SSSR count). The number of aryl methyl sites for hydroxylation is 2. The summed E-state index contributed by atoms with van der Waals surface area (Å²) in [5, 5.41) is 0. The molecule has 6 heteroatoms. The van der Waals surface area contributed by atoms with E-state index in [4.69, 9.17) is 9.47 Å². The van der Waals surface area contributed by atoms with Crippen molar-refractivity contribution in [2.24, 2.45) is 0 Å². The Morgan fingerprint density at radius 2 is 1.65 bits per heavy atom. The van der Waals surface area contributed by atoms with Crippen LogP contribution in [0.2, 0.25) is 0 Å². The van der Waals surface area contributed by atoms with Crippen molar-refractivity contribution >= 4 is 11.8 Å². The highest BCUT2D eigenvalue weighted by Gasteiger charge is 2.07. The Hall–Kier alpha value is -3.02. The lowest BCUT2D eigenvalue weighted by molar-refractivity contribution is -0.130. The lowest BCUT2D eigenvalue weighted by atomic mass is 10.1. The van der Waals surface area contributed by atoms with Gasteiger partial charge in [0, 0.05) is 6.42 Å². The molecule has 0 saturated carbocycles. The van der Waals surface area contributed by atoms with E-state index in [0.717, 1.165) is 16.9 Å². The van der Waals surface area contributed by atoms with E-state index in [-0.39, 0.29) is 18.9 Å². The summed E-state index contributed by atoms with van der Waals surface area (Å²) in [6, 6.07) is 15.2. The average molecular weight is 356 g/mol. The van der Waals surface area contributed by atoms with Crippen LogP contribution in [0, 0.1) is 13.8 Å². The minimum absolute atomic E-state index is 0.165. The predicted molar refractivity (Wildman–Crippen MR) is 98.9 cm³/mol. The van der Waals surface area contributed by atoms with E-state index in [1.165, 1.54) is 0 Å². The Morgan fingerprint density at radius 3 is 2.42 bits per heavy atom. The number of nitrogens with one attached hydrogen (secondary N) is 2. The topological polar surface area (TPSA) is 76.7 Å². The van der Waals surface area contributed by atoms with Gasteiger partial charge >= 0.3 is 0 Å². The second-order valence-corrected chi connectivity index (χ2v) is 5.92. The Bertz CT molecular complexity index is 732. The quantitative estimate of drug-likeness (QED) is 0.563. The largest absolute Gasteiger partial charge is 0.494 e. The van der Waals surface area contributed by atoms with Gasteiger partial charge in [0.2, 0.25) is 5.91 Å².